The Kier molecular flexibility index (Phi) is 12.0. The van der Waals surface area contributed by atoms with Crippen LogP contribution in [0.5, 0.6) is 0 Å². The van der Waals surface area contributed by atoms with E-state index in [0.717, 1.165) is 43.7 Å². The molecular formula is C15H35NO6Si2. The number of allylic oxidation sites excluding steroid dienone is 1. The zero-order valence-corrected chi connectivity index (χ0v) is 18.3. The molecule has 0 heterocycles. The summed E-state index contributed by atoms with van der Waals surface area (Å²) in [6, 6.07) is 1.54. The molecular weight excluding hydrogens is 346 g/mol. The van der Waals surface area contributed by atoms with E-state index >= 15 is 0 Å². The van der Waals surface area contributed by atoms with Crippen molar-refractivity contribution in [3.63, 3.8) is 0 Å². The third kappa shape index (κ3) is 7.32. The summed E-state index contributed by atoms with van der Waals surface area (Å²) in [6.07, 6.45) is 1.83. The van der Waals surface area contributed by atoms with Gasteiger partial charge in [-0.05, 0) is 19.8 Å². The highest BCUT2D eigenvalue weighted by Gasteiger charge is 2.38. The predicted octanol–water partition coefficient (Wildman–Crippen LogP) is 2.36. The van der Waals surface area contributed by atoms with Crippen molar-refractivity contribution in [2.45, 2.75) is 31.9 Å². The third-order valence-electron chi connectivity index (χ3n) is 4.23. The fourth-order valence-corrected chi connectivity index (χ4v) is 5.99. The van der Waals surface area contributed by atoms with Gasteiger partial charge >= 0.3 is 17.6 Å². The van der Waals surface area contributed by atoms with Gasteiger partial charge in [0.1, 0.15) is 0 Å². The van der Waals surface area contributed by atoms with E-state index in [9.17, 15) is 0 Å². The Morgan fingerprint density at radius 2 is 1.00 bits per heavy atom. The quantitative estimate of drug-likeness (QED) is 0.404. The van der Waals surface area contributed by atoms with Gasteiger partial charge in [-0.3, -0.25) is 0 Å². The molecule has 0 rings (SSSR count). The molecule has 0 amide bonds. The Morgan fingerprint density at radius 3 is 1.21 bits per heavy atom. The second-order valence-corrected chi connectivity index (χ2v) is 11.7. The lowest BCUT2D eigenvalue weighted by atomic mass is 10.3. The standard InChI is InChI=1S/C15H35NO6Si2/c1-15(2)16(11-9-13-23(17-3,18-4)19-5)12-10-14-24(20-6,21-7)22-8/h1,9-14H2,2-8H3. The van der Waals surface area contributed by atoms with Gasteiger partial charge < -0.3 is 31.5 Å². The van der Waals surface area contributed by atoms with Crippen LogP contribution in [0.4, 0.5) is 0 Å². The van der Waals surface area contributed by atoms with Gasteiger partial charge in [-0.1, -0.05) is 6.58 Å². The summed E-state index contributed by atoms with van der Waals surface area (Å²) >= 11 is 0. The average molecular weight is 382 g/mol. The first-order chi connectivity index (χ1) is 11.4. The van der Waals surface area contributed by atoms with E-state index in [1.807, 2.05) is 6.92 Å². The summed E-state index contributed by atoms with van der Waals surface area (Å²) in [5.41, 5.74) is 1.04. The van der Waals surface area contributed by atoms with Crippen molar-refractivity contribution >= 4 is 17.6 Å². The lowest BCUT2D eigenvalue weighted by molar-refractivity contribution is 0.120. The van der Waals surface area contributed by atoms with E-state index in [-0.39, 0.29) is 0 Å². The maximum absolute atomic E-state index is 5.46. The molecule has 0 atom stereocenters. The van der Waals surface area contributed by atoms with Gasteiger partial charge in [0, 0.05) is 73.5 Å². The summed E-state index contributed by atoms with van der Waals surface area (Å²) in [7, 11) is 4.82. The Bertz CT molecular complexity index is 308. The van der Waals surface area contributed by atoms with Crippen LogP contribution in [0.1, 0.15) is 19.8 Å². The molecule has 0 bridgehead atoms. The van der Waals surface area contributed by atoms with E-state index in [0.29, 0.717) is 0 Å². The maximum Gasteiger partial charge on any atom is 0.500 e. The van der Waals surface area contributed by atoms with E-state index in [1.54, 1.807) is 42.7 Å². The second kappa shape index (κ2) is 12.1. The first-order valence-corrected chi connectivity index (χ1v) is 12.0. The van der Waals surface area contributed by atoms with Crippen LogP contribution in [0, 0.1) is 0 Å². The molecule has 144 valence electrons. The molecule has 0 radical (unpaired) electrons. The van der Waals surface area contributed by atoms with E-state index in [1.165, 1.54) is 0 Å². The van der Waals surface area contributed by atoms with Crippen LogP contribution in [0.25, 0.3) is 0 Å². The summed E-state index contributed by atoms with van der Waals surface area (Å²) in [5, 5.41) is 0. The van der Waals surface area contributed by atoms with Crippen LogP contribution in [0.2, 0.25) is 12.1 Å². The normalized spacial score (nSPS) is 12.5. The van der Waals surface area contributed by atoms with Gasteiger partial charge in [-0.15, -0.1) is 0 Å². The number of nitrogens with zero attached hydrogens (tertiary/aromatic N) is 1. The highest BCUT2D eigenvalue weighted by molar-refractivity contribution is 6.60. The van der Waals surface area contributed by atoms with Gasteiger partial charge in [-0.25, -0.2) is 0 Å². The smallest absolute Gasteiger partial charge is 0.377 e. The fraction of sp³-hybridized carbons (Fsp3) is 0.867. The van der Waals surface area contributed by atoms with E-state index in [2.05, 4.69) is 11.5 Å². The minimum absolute atomic E-state index is 0.771. The molecule has 0 aliphatic heterocycles. The third-order valence-corrected chi connectivity index (χ3v) is 9.89. The number of hydrogen-bond donors (Lipinski definition) is 0. The lowest BCUT2D eigenvalue weighted by Crippen LogP contribution is -2.44. The van der Waals surface area contributed by atoms with Crippen LogP contribution in [0.15, 0.2) is 12.3 Å². The lowest BCUT2D eigenvalue weighted by Gasteiger charge is -2.29. The molecule has 7 nitrogen and oxygen atoms in total. The molecule has 0 fully saturated rings. The molecule has 0 aliphatic rings. The van der Waals surface area contributed by atoms with Crippen LogP contribution in [-0.4, -0.2) is 78.3 Å². The van der Waals surface area contributed by atoms with Crippen molar-refractivity contribution < 1.29 is 26.6 Å². The Morgan fingerprint density at radius 1 is 0.708 bits per heavy atom. The van der Waals surface area contributed by atoms with Crippen LogP contribution >= 0.6 is 0 Å². The molecule has 0 aromatic rings. The van der Waals surface area contributed by atoms with Gasteiger partial charge in [-0.2, -0.15) is 0 Å². The van der Waals surface area contributed by atoms with E-state index < -0.39 is 17.6 Å². The minimum atomic E-state index is -2.51. The molecule has 0 saturated carbocycles. The minimum Gasteiger partial charge on any atom is -0.377 e. The summed E-state index contributed by atoms with van der Waals surface area (Å²) < 4.78 is 32.7. The summed E-state index contributed by atoms with van der Waals surface area (Å²) in [5.74, 6) is 0. The summed E-state index contributed by atoms with van der Waals surface area (Å²) in [6.45, 7) is 7.84. The van der Waals surface area contributed by atoms with Crippen molar-refractivity contribution in [2.24, 2.45) is 0 Å². The highest BCUT2D eigenvalue weighted by atomic mass is 28.4. The van der Waals surface area contributed by atoms with E-state index in [4.69, 9.17) is 26.6 Å². The zero-order chi connectivity index (χ0) is 18.6. The molecule has 0 aliphatic carbocycles. The average Bonchev–Trinajstić information content (AvgIpc) is 2.61. The van der Waals surface area contributed by atoms with Gasteiger partial charge in [0.05, 0.1) is 0 Å². The first kappa shape index (κ1) is 23.7. The second-order valence-electron chi connectivity index (χ2n) is 5.52. The van der Waals surface area contributed by atoms with Crippen molar-refractivity contribution in [3.05, 3.63) is 12.3 Å². The predicted molar refractivity (Wildman–Crippen MR) is 98.8 cm³/mol. The molecule has 0 spiro atoms. The zero-order valence-electron chi connectivity index (χ0n) is 16.3. The molecule has 0 unspecified atom stereocenters. The Labute approximate surface area is 149 Å². The van der Waals surface area contributed by atoms with Crippen LogP contribution in [-0.2, 0) is 26.6 Å². The maximum atomic E-state index is 5.46. The topological polar surface area (TPSA) is 58.6 Å². The summed E-state index contributed by atoms with van der Waals surface area (Å²) in [4.78, 5) is 2.25. The Balaban J connectivity index is 4.45. The number of hydrogen-bond acceptors (Lipinski definition) is 7. The Hall–Kier alpha value is -0.266. The van der Waals surface area contributed by atoms with Crippen molar-refractivity contribution in [1.29, 1.82) is 0 Å². The van der Waals surface area contributed by atoms with Crippen molar-refractivity contribution in [3.8, 4) is 0 Å². The van der Waals surface area contributed by atoms with Gasteiger partial charge in [0.2, 0.25) is 0 Å². The fourth-order valence-electron chi connectivity index (χ4n) is 2.58. The number of rotatable bonds is 15. The van der Waals surface area contributed by atoms with Crippen LogP contribution < -0.4 is 0 Å². The molecule has 9 heteroatoms. The largest absolute Gasteiger partial charge is 0.500 e. The molecule has 0 aromatic heterocycles. The SMILES string of the molecule is C=C(C)N(CCC[Si](OC)(OC)OC)CCC[Si](OC)(OC)OC. The van der Waals surface area contributed by atoms with Gasteiger partial charge in [0.25, 0.3) is 0 Å². The first-order valence-electron chi connectivity index (χ1n) is 8.09. The van der Waals surface area contributed by atoms with Gasteiger partial charge in [0.15, 0.2) is 0 Å². The molecule has 0 aromatic carbocycles. The monoisotopic (exact) mass is 381 g/mol. The van der Waals surface area contributed by atoms with Crippen molar-refractivity contribution in [2.75, 3.05) is 55.7 Å². The molecule has 0 N–H and O–H groups in total. The molecule has 0 saturated heterocycles. The van der Waals surface area contributed by atoms with Crippen LogP contribution in [0.3, 0.4) is 0 Å². The van der Waals surface area contributed by atoms with Crippen molar-refractivity contribution in [1.82, 2.24) is 4.90 Å². The highest BCUT2D eigenvalue weighted by Crippen LogP contribution is 2.19. The molecule has 24 heavy (non-hydrogen) atoms.